The molecule has 1 N–H and O–H groups in total. The Hall–Kier alpha value is -3.10. The summed E-state index contributed by atoms with van der Waals surface area (Å²) in [6, 6.07) is 17.5. The van der Waals surface area contributed by atoms with Gasteiger partial charge in [0.05, 0.1) is 5.41 Å². The van der Waals surface area contributed by atoms with E-state index in [0.717, 1.165) is 21.6 Å². The van der Waals surface area contributed by atoms with Crippen molar-refractivity contribution in [2.75, 3.05) is 0 Å². The number of carboxylic acids is 1. The number of aromatic nitrogens is 1. The molecule has 0 saturated carbocycles. The summed E-state index contributed by atoms with van der Waals surface area (Å²) in [5.74, 6) is -1.31. The Labute approximate surface area is 228 Å². The largest absolute Gasteiger partial charge is 0.573 e. The molecule has 0 atom stereocenters. The summed E-state index contributed by atoms with van der Waals surface area (Å²) < 4.78 is 45.5. The van der Waals surface area contributed by atoms with Gasteiger partial charge in [-0.2, -0.15) is 0 Å². The molecule has 0 amide bonds. The lowest BCUT2D eigenvalue weighted by Crippen LogP contribution is -2.27. The van der Waals surface area contributed by atoms with Crippen molar-refractivity contribution in [2.45, 2.75) is 56.8 Å². The summed E-state index contributed by atoms with van der Waals surface area (Å²) in [5, 5.41) is 11.1. The van der Waals surface area contributed by atoms with Crippen LogP contribution in [0.4, 0.5) is 13.2 Å². The van der Waals surface area contributed by atoms with Gasteiger partial charge in [0.25, 0.3) is 0 Å². The Morgan fingerprint density at radius 3 is 2.45 bits per heavy atom. The fraction of sp³-hybridized carbons (Fsp3) is 0.276. The van der Waals surface area contributed by atoms with Crippen LogP contribution in [0.15, 0.2) is 70.5 Å². The number of hydrogen-bond acceptors (Lipinski definition) is 3. The molecule has 200 valence electrons. The number of aliphatic carboxylic acids is 1. The Morgan fingerprint density at radius 2 is 1.79 bits per heavy atom. The predicted molar refractivity (Wildman–Crippen MR) is 144 cm³/mol. The predicted octanol–water partition coefficient (Wildman–Crippen LogP) is 8.66. The minimum Gasteiger partial charge on any atom is -0.481 e. The Balaban J connectivity index is 2.00. The van der Waals surface area contributed by atoms with Crippen molar-refractivity contribution in [2.24, 2.45) is 5.41 Å². The molecule has 0 fully saturated rings. The molecule has 0 bridgehead atoms. The van der Waals surface area contributed by atoms with Gasteiger partial charge in [0.15, 0.2) is 0 Å². The maximum Gasteiger partial charge on any atom is 0.573 e. The SMILES string of the molecule is Cc1ccc(C)c(Sc2c(CC(C)(C)C(=O)O)n(Cc3cccc(Cl)c3)c3ccc(OC(F)(F)F)cc23)c1. The topological polar surface area (TPSA) is 51.5 Å². The molecule has 3 aromatic carbocycles. The number of nitrogens with zero attached hydrogens (tertiary/aromatic N) is 1. The Kier molecular flexibility index (Phi) is 7.77. The van der Waals surface area contributed by atoms with Crippen LogP contribution >= 0.6 is 23.4 Å². The minimum atomic E-state index is -4.84. The van der Waals surface area contributed by atoms with Crippen LogP contribution in [-0.2, 0) is 17.8 Å². The van der Waals surface area contributed by atoms with Gasteiger partial charge in [-0.1, -0.05) is 47.6 Å². The van der Waals surface area contributed by atoms with E-state index in [1.54, 1.807) is 26.0 Å². The minimum absolute atomic E-state index is 0.153. The lowest BCUT2D eigenvalue weighted by molar-refractivity contribution is -0.274. The van der Waals surface area contributed by atoms with E-state index in [-0.39, 0.29) is 12.2 Å². The Morgan fingerprint density at radius 1 is 1.05 bits per heavy atom. The van der Waals surface area contributed by atoms with E-state index in [1.807, 2.05) is 54.8 Å². The zero-order chi connectivity index (χ0) is 27.8. The van der Waals surface area contributed by atoms with Gasteiger partial charge in [-0.25, -0.2) is 0 Å². The van der Waals surface area contributed by atoms with E-state index in [2.05, 4.69) is 4.74 Å². The van der Waals surface area contributed by atoms with Crippen molar-refractivity contribution < 1.29 is 27.8 Å². The number of carbonyl (C=O) groups is 1. The van der Waals surface area contributed by atoms with Crippen molar-refractivity contribution in [3.05, 3.63) is 88.1 Å². The number of hydrogen-bond donors (Lipinski definition) is 1. The lowest BCUT2D eigenvalue weighted by Gasteiger charge is -2.22. The molecule has 4 rings (SSSR count). The molecule has 0 aliphatic heterocycles. The van der Waals surface area contributed by atoms with Crippen LogP contribution in [0, 0.1) is 19.3 Å². The molecular weight excluding hydrogens is 535 g/mol. The van der Waals surface area contributed by atoms with Gasteiger partial charge in [-0.05, 0) is 80.8 Å². The first-order valence-electron chi connectivity index (χ1n) is 11.9. The van der Waals surface area contributed by atoms with Crippen molar-refractivity contribution in [3.8, 4) is 5.75 Å². The number of carboxylic acid groups (broad SMARTS) is 1. The number of halogens is 4. The smallest absolute Gasteiger partial charge is 0.481 e. The lowest BCUT2D eigenvalue weighted by atomic mass is 9.88. The number of rotatable bonds is 8. The van der Waals surface area contributed by atoms with Crippen molar-refractivity contribution in [1.82, 2.24) is 4.57 Å². The van der Waals surface area contributed by atoms with E-state index >= 15 is 0 Å². The fourth-order valence-corrected chi connectivity index (χ4v) is 5.74. The van der Waals surface area contributed by atoms with Gasteiger partial charge in [0, 0.05) is 44.4 Å². The monoisotopic (exact) mass is 561 g/mol. The van der Waals surface area contributed by atoms with E-state index < -0.39 is 17.7 Å². The third-order valence-electron chi connectivity index (χ3n) is 6.30. The van der Waals surface area contributed by atoms with Crippen molar-refractivity contribution in [3.63, 3.8) is 0 Å². The fourth-order valence-electron chi connectivity index (χ4n) is 4.26. The summed E-state index contributed by atoms with van der Waals surface area (Å²) in [7, 11) is 0. The first-order chi connectivity index (χ1) is 17.7. The number of alkyl halides is 3. The van der Waals surface area contributed by atoms with Gasteiger partial charge in [-0.3, -0.25) is 4.79 Å². The van der Waals surface area contributed by atoms with Crippen LogP contribution in [-0.4, -0.2) is 22.0 Å². The van der Waals surface area contributed by atoms with Gasteiger partial charge in [0.2, 0.25) is 0 Å². The highest BCUT2D eigenvalue weighted by Crippen LogP contribution is 2.44. The number of benzene rings is 3. The summed E-state index contributed by atoms with van der Waals surface area (Å²) in [4.78, 5) is 13.8. The third kappa shape index (κ3) is 6.30. The van der Waals surface area contributed by atoms with E-state index in [4.69, 9.17) is 11.6 Å². The molecular formula is C29H27ClF3NO3S. The van der Waals surface area contributed by atoms with Crippen LogP contribution in [0.2, 0.25) is 5.02 Å². The second kappa shape index (κ2) is 10.6. The second-order valence-corrected chi connectivity index (χ2v) is 11.4. The van der Waals surface area contributed by atoms with Gasteiger partial charge >= 0.3 is 12.3 Å². The highest BCUT2D eigenvalue weighted by molar-refractivity contribution is 7.99. The summed E-state index contributed by atoms with van der Waals surface area (Å²) in [6.07, 6.45) is -4.69. The molecule has 38 heavy (non-hydrogen) atoms. The quantitative estimate of drug-likeness (QED) is 0.234. The first kappa shape index (κ1) is 27.9. The van der Waals surface area contributed by atoms with Crippen LogP contribution in [0.25, 0.3) is 10.9 Å². The zero-order valence-electron chi connectivity index (χ0n) is 21.3. The van der Waals surface area contributed by atoms with Crippen molar-refractivity contribution >= 4 is 40.2 Å². The van der Waals surface area contributed by atoms with E-state index in [0.29, 0.717) is 33.1 Å². The van der Waals surface area contributed by atoms with Gasteiger partial charge in [0.1, 0.15) is 5.75 Å². The molecule has 0 radical (unpaired) electrons. The van der Waals surface area contributed by atoms with E-state index in [1.165, 1.54) is 23.9 Å². The zero-order valence-corrected chi connectivity index (χ0v) is 22.9. The van der Waals surface area contributed by atoms with Gasteiger partial charge in [-0.15, -0.1) is 13.2 Å². The second-order valence-electron chi connectivity index (χ2n) is 9.96. The molecule has 1 aromatic heterocycles. The highest BCUT2D eigenvalue weighted by atomic mass is 35.5. The Bertz CT molecular complexity index is 1510. The maximum absolute atomic E-state index is 13.1. The molecule has 0 unspecified atom stereocenters. The number of aryl methyl sites for hydroxylation is 2. The van der Waals surface area contributed by atoms with Crippen LogP contribution in [0.3, 0.4) is 0 Å². The van der Waals surface area contributed by atoms with Crippen LogP contribution < -0.4 is 4.74 Å². The van der Waals surface area contributed by atoms with E-state index in [9.17, 15) is 23.1 Å². The molecule has 0 saturated heterocycles. The first-order valence-corrected chi connectivity index (χ1v) is 13.1. The molecule has 0 spiro atoms. The maximum atomic E-state index is 13.1. The van der Waals surface area contributed by atoms with Crippen molar-refractivity contribution in [1.29, 1.82) is 0 Å². The standard InChI is InChI=1S/C29H27ClF3NO3S/c1-17-8-9-18(2)25(12-17)38-26-22-14-21(37-29(31,32)33)10-11-23(22)34(16-19-6-5-7-20(30)13-19)24(26)15-28(3,4)27(35)36/h5-14H,15-16H2,1-4H3,(H,35,36). The highest BCUT2D eigenvalue weighted by Gasteiger charge is 2.34. The molecule has 1 heterocycles. The summed E-state index contributed by atoms with van der Waals surface area (Å²) >= 11 is 7.65. The normalized spacial score (nSPS) is 12.2. The molecule has 0 aliphatic rings. The molecule has 0 aliphatic carbocycles. The average Bonchev–Trinajstić information content (AvgIpc) is 3.06. The molecule has 9 heteroatoms. The number of fused-ring (bicyclic) bond motifs is 1. The number of ether oxygens (including phenoxy) is 1. The molecule has 4 nitrogen and oxygen atoms in total. The van der Waals surface area contributed by atoms with Crippen LogP contribution in [0.5, 0.6) is 5.75 Å². The van der Waals surface area contributed by atoms with Gasteiger partial charge < -0.3 is 14.4 Å². The third-order valence-corrected chi connectivity index (χ3v) is 7.85. The summed E-state index contributed by atoms with van der Waals surface area (Å²) in [6.45, 7) is 7.57. The van der Waals surface area contributed by atoms with Crippen LogP contribution in [0.1, 0.15) is 36.2 Å². The average molecular weight is 562 g/mol. The summed E-state index contributed by atoms with van der Waals surface area (Å²) in [5.41, 5.74) is 3.16. The molecule has 4 aromatic rings.